The van der Waals surface area contributed by atoms with Crippen LogP contribution in [-0.4, -0.2) is 50.8 Å². The fourth-order valence-electron chi connectivity index (χ4n) is 5.93. The van der Waals surface area contributed by atoms with Gasteiger partial charge < -0.3 is 24.6 Å². The molecule has 2 aliphatic heterocycles. The molecule has 7 rings (SSSR count). The Labute approximate surface area is 297 Å². The highest BCUT2D eigenvalue weighted by Crippen LogP contribution is 2.40. The molecule has 2 N–H and O–H groups in total. The van der Waals surface area contributed by atoms with E-state index in [1.165, 1.54) is 0 Å². The van der Waals surface area contributed by atoms with Gasteiger partial charge in [-0.15, -0.1) is 11.3 Å². The van der Waals surface area contributed by atoms with E-state index in [-0.39, 0.29) is 44.3 Å². The summed E-state index contributed by atoms with van der Waals surface area (Å²) in [6.45, 7) is 0.104. The number of imide groups is 1. The summed E-state index contributed by atoms with van der Waals surface area (Å²) in [7, 11) is 0. The van der Waals surface area contributed by atoms with Gasteiger partial charge in [0.25, 0.3) is 5.91 Å². The predicted octanol–water partition coefficient (Wildman–Crippen LogP) is 6.68. The minimum absolute atomic E-state index is 0.0294. The summed E-state index contributed by atoms with van der Waals surface area (Å²) < 4.78 is 20.3. The van der Waals surface area contributed by atoms with E-state index < -0.39 is 24.3 Å². The van der Waals surface area contributed by atoms with Crippen LogP contribution in [0.3, 0.4) is 0 Å². The summed E-state index contributed by atoms with van der Waals surface area (Å²) in [6, 6.07) is 31.6. The van der Waals surface area contributed by atoms with Crippen molar-refractivity contribution >= 4 is 51.2 Å². The summed E-state index contributed by atoms with van der Waals surface area (Å²) in [4.78, 5) is 44.1. The maximum Gasteiger partial charge on any atom is 0.408 e. The largest absolute Gasteiger partial charge is 0.445 e. The Morgan fingerprint density at radius 2 is 1.62 bits per heavy atom. The van der Waals surface area contributed by atoms with E-state index in [1.807, 2.05) is 97.1 Å². The van der Waals surface area contributed by atoms with Crippen molar-refractivity contribution in [3.63, 3.8) is 0 Å². The predicted molar refractivity (Wildman–Crippen MR) is 189 cm³/mol. The molecule has 0 radical (unpaired) electrons. The van der Waals surface area contributed by atoms with E-state index in [1.54, 1.807) is 23.1 Å². The third-order valence-corrected chi connectivity index (χ3v) is 10.9. The van der Waals surface area contributed by atoms with E-state index >= 15 is 0 Å². The van der Waals surface area contributed by atoms with Crippen LogP contribution in [0, 0.1) is 0 Å². The van der Waals surface area contributed by atoms with Crippen LogP contribution in [0.5, 0.6) is 0 Å². The molecule has 1 aromatic heterocycles. The molecular formula is C38H35N3O7S2. The zero-order valence-corrected chi connectivity index (χ0v) is 28.6. The average molecular weight is 710 g/mol. The first kappa shape index (κ1) is 33.9. The molecule has 3 heterocycles. The molecular weight excluding hydrogens is 675 g/mol. The minimum atomic E-state index is -0.977. The highest BCUT2D eigenvalue weighted by atomic mass is 32.2. The first-order valence-corrected chi connectivity index (χ1v) is 18.1. The molecule has 0 spiro atoms. The number of para-hydroxylation sites is 1. The van der Waals surface area contributed by atoms with Crippen LogP contribution in [0.15, 0.2) is 107 Å². The Kier molecular flexibility index (Phi) is 10.5. The molecule has 2 fully saturated rings. The van der Waals surface area contributed by atoms with Gasteiger partial charge >= 0.3 is 6.09 Å². The molecule has 5 aromatic rings. The number of hydrogen-bond acceptors (Lipinski definition) is 10. The number of thioether (sulfide) groups is 1. The lowest BCUT2D eigenvalue weighted by Gasteiger charge is -2.36. The Bertz CT molecular complexity index is 1920. The molecule has 10 nitrogen and oxygen atoms in total. The van der Waals surface area contributed by atoms with Gasteiger partial charge in [0.05, 0.1) is 42.0 Å². The molecule has 3 amide bonds. The lowest BCUT2D eigenvalue weighted by molar-refractivity contribution is -0.245. The van der Waals surface area contributed by atoms with Crippen molar-refractivity contribution in [1.29, 1.82) is 0 Å². The van der Waals surface area contributed by atoms with Crippen molar-refractivity contribution in [1.82, 2.24) is 15.2 Å². The number of hydrogen-bond donors (Lipinski definition) is 2. The van der Waals surface area contributed by atoms with E-state index in [2.05, 4.69) is 11.4 Å². The molecule has 256 valence electrons. The van der Waals surface area contributed by atoms with Crippen molar-refractivity contribution in [2.45, 2.75) is 61.5 Å². The van der Waals surface area contributed by atoms with Crippen molar-refractivity contribution in [3.05, 3.63) is 131 Å². The number of aliphatic hydroxyl groups is 1. The van der Waals surface area contributed by atoms with Crippen LogP contribution in [0.2, 0.25) is 0 Å². The van der Waals surface area contributed by atoms with Crippen LogP contribution in [0.4, 0.5) is 4.79 Å². The van der Waals surface area contributed by atoms with Gasteiger partial charge in [0.1, 0.15) is 12.6 Å². The third kappa shape index (κ3) is 8.06. The summed E-state index contributed by atoms with van der Waals surface area (Å²) >= 11 is 3.34. The fraction of sp³-hybridized carbons (Fsp3) is 0.263. The molecule has 50 heavy (non-hydrogen) atoms. The lowest BCUT2D eigenvalue weighted by atomic mass is 10.0. The van der Waals surface area contributed by atoms with E-state index in [0.29, 0.717) is 12.2 Å². The third-order valence-electron chi connectivity index (χ3n) is 8.62. The number of ether oxygens (including phenoxy) is 3. The average Bonchev–Trinajstić information content (AvgIpc) is 3.69. The lowest BCUT2D eigenvalue weighted by Crippen LogP contribution is -2.41. The van der Waals surface area contributed by atoms with Crippen molar-refractivity contribution < 1.29 is 33.7 Å². The molecule has 12 heteroatoms. The maximum atomic E-state index is 13.1. The standard InChI is InChI=1S/C38H35N3O7S2/c42-21-25-12-14-27(15-13-25)32-18-29(23-49-38-40-30-8-4-5-9-33(30)50-38)47-36(48-32)28-16-10-24(11-17-28)20-41-34(43)19-31(35(41)44)39-37(45)46-22-26-6-2-1-3-7-26/h1-17,29,31-32,36,42H,18-23H2,(H,39,45)/t29-,31?,32+,36+/m0/s1. The zero-order chi connectivity index (χ0) is 34.5. The SMILES string of the molecule is O=C(NC1CC(=O)N(Cc2ccc([C@@H]3O[C@H](CSc4nc5ccccc5s4)C[C@H](c4ccc(CO)cc4)O3)cc2)C1=O)OCc1ccccc1. The second-order valence-corrected chi connectivity index (χ2v) is 14.4. The second kappa shape index (κ2) is 15.5. The number of carbonyl (C=O) groups excluding carboxylic acids is 3. The Balaban J connectivity index is 0.993. The molecule has 0 aliphatic carbocycles. The number of fused-ring (bicyclic) bond motifs is 1. The van der Waals surface area contributed by atoms with Gasteiger partial charge in [-0.2, -0.15) is 0 Å². The zero-order valence-electron chi connectivity index (χ0n) is 27.0. The highest BCUT2D eigenvalue weighted by molar-refractivity contribution is 8.01. The van der Waals surface area contributed by atoms with Gasteiger partial charge in [-0.1, -0.05) is 103 Å². The molecule has 0 saturated carbocycles. The van der Waals surface area contributed by atoms with Crippen LogP contribution in [0.1, 0.15) is 53.1 Å². The number of alkyl carbamates (subject to hydrolysis) is 1. The summed E-state index contributed by atoms with van der Waals surface area (Å²) in [5.74, 6) is -0.148. The Morgan fingerprint density at radius 3 is 2.38 bits per heavy atom. The van der Waals surface area contributed by atoms with E-state index in [9.17, 15) is 19.5 Å². The number of aromatic nitrogens is 1. The van der Waals surface area contributed by atoms with Gasteiger partial charge in [-0.3, -0.25) is 14.5 Å². The van der Waals surface area contributed by atoms with Crippen molar-refractivity contribution in [2.24, 2.45) is 0 Å². The first-order valence-electron chi connectivity index (χ1n) is 16.3. The highest BCUT2D eigenvalue weighted by Gasteiger charge is 2.40. The smallest absolute Gasteiger partial charge is 0.408 e. The Morgan fingerprint density at radius 1 is 0.900 bits per heavy atom. The quantitative estimate of drug-likeness (QED) is 0.114. The fourth-order valence-corrected chi connectivity index (χ4v) is 8.04. The number of benzene rings is 4. The van der Waals surface area contributed by atoms with Crippen LogP contribution in [-0.2, 0) is 43.6 Å². The monoisotopic (exact) mass is 709 g/mol. The molecule has 1 unspecified atom stereocenters. The van der Waals surface area contributed by atoms with Gasteiger partial charge in [-0.05, 0) is 34.4 Å². The summed E-state index contributed by atoms with van der Waals surface area (Å²) in [5, 5.41) is 12.1. The minimum Gasteiger partial charge on any atom is -0.445 e. The van der Waals surface area contributed by atoms with Crippen LogP contribution >= 0.6 is 23.1 Å². The number of nitrogens with one attached hydrogen (secondary N) is 1. The molecule has 2 aliphatic rings. The second-order valence-electron chi connectivity index (χ2n) is 12.1. The van der Waals surface area contributed by atoms with E-state index in [0.717, 1.165) is 47.3 Å². The molecule has 0 bridgehead atoms. The first-order chi connectivity index (χ1) is 24.4. The van der Waals surface area contributed by atoms with Gasteiger partial charge in [0.15, 0.2) is 10.6 Å². The van der Waals surface area contributed by atoms with Crippen molar-refractivity contribution in [3.8, 4) is 0 Å². The number of nitrogens with zero attached hydrogens (tertiary/aromatic N) is 2. The molecule has 4 atom stereocenters. The van der Waals surface area contributed by atoms with Crippen LogP contribution in [0.25, 0.3) is 10.2 Å². The number of thiazole rings is 1. The summed E-state index contributed by atoms with van der Waals surface area (Å²) in [5.41, 5.74) is 5.18. The van der Waals surface area contributed by atoms with Gasteiger partial charge in [-0.25, -0.2) is 9.78 Å². The van der Waals surface area contributed by atoms with Crippen LogP contribution < -0.4 is 5.32 Å². The van der Waals surface area contributed by atoms with Gasteiger partial charge in [0.2, 0.25) is 5.91 Å². The number of likely N-dealkylation sites (tertiary alicyclic amines) is 1. The number of aliphatic hydroxyl groups excluding tert-OH is 1. The van der Waals surface area contributed by atoms with Crippen molar-refractivity contribution in [2.75, 3.05) is 5.75 Å². The molecule has 4 aromatic carbocycles. The number of amides is 3. The number of rotatable bonds is 11. The normalized spacial score (nSPS) is 20.7. The topological polar surface area (TPSA) is 127 Å². The maximum absolute atomic E-state index is 13.1. The van der Waals surface area contributed by atoms with Gasteiger partial charge in [0, 0.05) is 17.7 Å². The summed E-state index contributed by atoms with van der Waals surface area (Å²) in [6.07, 6.45) is -1.23. The Hall–Kier alpha value is -4.59. The van der Waals surface area contributed by atoms with E-state index in [4.69, 9.17) is 19.2 Å². The molecule has 2 saturated heterocycles. The number of carbonyl (C=O) groups is 3.